The highest BCUT2D eigenvalue weighted by Crippen LogP contribution is 2.36. The first kappa shape index (κ1) is 8.91. The maximum atomic E-state index is 10.5. The first-order valence-electron chi connectivity index (χ1n) is 3.92. The number of hydrogen-bond acceptors (Lipinski definition) is 2. The second-order valence-corrected chi connectivity index (χ2v) is 4.64. The van der Waals surface area contributed by atoms with Crippen LogP contribution in [0, 0.1) is 5.41 Å². The number of rotatable bonds is 2. The minimum Gasteiger partial charge on any atom is -0.481 e. The topological polar surface area (TPSA) is 37.3 Å². The molecule has 1 aliphatic rings. The van der Waals surface area contributed by atoms with E-state index in [2.05, 4.69) is 6.92 Å². The summed E-state index contributed by atoms with van der Waals surface area (Å²) in [6.07, 6.45) is 2.58. The van der Waals surface area contributed by atoms with Gasteiger partial charge in [-0.3, -0.25) is 4.79 Å². The summed E-state index contributed by atoms with van der Waals surface area (Å²) in [5.74, 6) is 1.56. The van der Waals surface area contributed by atoms with Gasteiger partial charge in [-0.2, -0.15) is 11.8 Å². The molecule has 3 heteroatoms. The van der Waals surface area contributed by atoms with Gasteiger partial charge in [0.05, 0.1) is 6.42 Å². The molecule has 1 N–H and O–H groups in total. The summed E-state index contributed by atoms with van der Waals surface area (Å²) < 4.78 is 0. The molecular formula is C8H14O2S. The number of carboxylic acid groups (broad SMARTS) is 1. The van der Waals surface area contributed by atoms with E-state index in [-0.39, 0.29) is 5.41 Å². The maximum Gasteiger partial charge on any atom is 0.303 e. The van der Waals surface area contributed by atoms with Crippen molar-refractivity contribution in [1.29, 1.82) is 0 Å². The minimum atomic E-state index is -0.657. The molecule has 1 unspecified atom stereocenters. The minimum absolute atomic E-state index is 0.0642. The molecule has 0 aromatic carbocycles. The fourth-order valence-electron chi connectivity index (χ4n) is 1.50. The van der Waals surface area contributed by atoms with Crippen LogP contribution >= 0.6 is 11.8 Å². The van der Waals surface area contributed by atoms with Gasteiger partial charge >= 0.3 is 5.97 Å². The second kappa shape index (κ2) is 3.48. The van der Waals surface area contributed by atoms with Gasteiger partial charge in [-0.25, -0.2) is 0 Å². The van der Waals surface area contributed by atoms with E-state index in [1.54, 1.807) is 0 Å². The summed E-state index contributed by atoms with van der Waals surface area (Å²) in [6.45, 7) is 2.08. The van der Waals surface area contributed by atoms with Crippen LogP contribution < -0.4 is 0 Å². The van der Waals surface area contributed by atoms with Crippen molar-refractivity contribution < 1.29 is 9.90 Å². The Morgan fingerprint density at radius 1 is 1.73 bits per heavy atom. The fraction of sp³-hybridized carbons (Fsp3) is 0.875. The molecule has 64 valence electrons. The van der Waals surface area contributed by atoms with Crippen molar-refractivity contribution in [2.24, 2.45) is 5.41 Å². The Bertz CT molecular complexity index is 150. The summed E-state index contributed by atoms with van der Waals surface area (Å²) >= 11 is 1.88. The summed E-state index contributed by atoms with van der Waals surface area (Å²) in [5, 5.41) is 8.62. The Kier molecular flexibility index (Phi) is 2.82. The third-order valence-corrected chi connectivity index (χ3v) is 3.58. The Labute approximate surface area is 71.4 Å². The van der Waals surface area contributed by atoms with Crippen LogP contribution in [0.4, 0.5) is 0 Å². The van der Waals surface area contributed by atoms with Gasteiger partial charge in [-0.05, 0) is 29.8 Å². The molecule has 0 bridgehead atoms. The number of aliphatic carboxylic acids is 1. The Morgan fingerprint density at radius 3 is 2.91 bits per heavy atom. The lowest BCUT2D eigenvalue weighted by atomic mass is 9.84. The second-order valence-electron chi connectivity index (χ2n) is 3.54. The standard InChI is InChI=1S/C8H14O2S/c1-8(5-7(9)10)3-2-4-11-6-8/h2-6H2,1H3,(H,9,10). The molecule has 0 aromatic heterocycles. The molecule has 0 saturated carbocycles. The highest BCUT2D eigenvalue weighted by Gasteiger charge is 2.29. The average Bonchev–Trinajstić information content (AvgIpc) is 1.85. The lowest BCUT2D eigenvalue weighted by Crippen LogP contribution is -2.26. The molecule has 0 aliphatic carbocycles. The summed E-state index contributed by atoms with van der Waals surface area (Å²) in [5.41, 5.74) is 0.0642. The molecule has 0 amide bonds. The SMILES string of the molecule is CC1(CC(=O)O)CCCSC1. The van der Waals surface area contributed by atoms with Gasteiger partial charge in [0.25, 0.3) is 0 Å². The molecule has 1 heterocycles. The number of carboxylic acids is 1. The highest BCUT2D eigenvalue weighted by atomic mass is 32.2. The van der Waals surface area contributed by atoms with Gasteiger partial charge < -0.3 is 5.11 Å². The Hall–Kier alpha value is -0.180. The quantitative estimate of drug-likeness (QED) is 0.695. The first-order chi connectivity index (χ1) is 5.12. The maximum absolute atomic E-state index is 10.5. The van der Waals surface area contributed by atoms with Gasteiger partial charge in [0.1, 0.15) is 0 Å². The van der Waals surface area contributed by atoms with Crippen LogP contribution in [-0.2, 0) is 4.79 Å². The van der Waals surface area contributed by atoms with E-state index in [1.165, 1.54) is 12.2 Å². The number of thioether (sulfide) groups is 1. The molecule has 2 nitrogen and oxygen atoms in total. The molecule has 11 heavy (non-hydrogen) atoms. The zero-order chi connectivity index (χ0) is 8.32. The van der Waals surface area contributed by atoms with E-state index in [1.807, 2.05) is 11.8 Å². The van der Waals surface area contributed by atoms with Crippen LogP contribution in [-0.4, -0.2) is 22.6 Å². The zero-order valence-corrected chi connectivity index (χ0v) is 7.62. The molecule has 0 aromatic rings. The van der Waals surface area contributed by atoms with Gasteiger partial charge in [-0.1, -0.05) is 6.92 Å². The van der Waals surface area contributed by atoms with E-state index >= 15 is 0 Å². The third-order valence-electron chi connectivity index (χ3n) is 2.10. The normalized spacial score (nSPS) is 31.7. The molecule has 1 aliphatic heterocycles. The lowest BCUT2D eigenvalue weighted by molar-refractivity contribution is -0.139. The molecule has 0 spiro atoms. The monoisotopic (exact) mass is 174 g/mol. The largest absolute Gasteiger partial charge is 0.481 e. The van der Waals surface area contributed by atoms with Crippen molar-refractivity contribution in [2.45, 2.75) is 26.2 Å². The van der Waals surface area contributed by atoms with Crippen LogP contribution in [0.15, 0.2) is 0 Å². The summed E-state index contributed by atoms with van der Waals surface area (Å²) in [4.78, 5) is 10.5. The average molecular weight is 174 g/mol. The van der Waals surface area contributed by atoms with Gasteiger partial charge in [0.2, 0.25) is 0 Å². The molecule has 1 saturated heterocycles. The van der Waals surface area contributed by atoms with Crippen LogP contribution in [0.2, 0.25) is 0 Å². The van der Waals surface area contributed by atoms with E-state index < -0.39 is 5.97 Å². The van der Waals surface area contributed by atoms with Crippen LogP contribution in [0.1, 0.15) is 26.2 Å². The lowest BCUT2D eigenvalue weighted by Gasteiger charge is -2.31. The van der Waals surface area contributed by atoms with Crippen molar-refractivity contribution in [3.05, 3.63) is 0 Å². The number of hydrogen-bond donors (Lipinski definition) is 1. The molecule has 1 rings (SSSR count). The van der Waals surface area contributed by atoms with Crippen molar-refractivity contribution in [1.82, 2.24) is 0 Å². The van der Waals surface area contributed by atoms with Gasteiger partial charge in [0.15, 0.2) is 0 Å². The van der Waals surface area contributed by atoms with Crippen molar-refractivity contribution in [3.63, 3.8) is 0 Å². The van der Waals surface area contributed by atoms with Crippen molar-refractivity contribution in [2.75, 3.05) is 11.5 Å². The zero-order valence-electron chi connectivity index (χ0n) is 6.80. The van der Waals surface area contributed by atoms with E-state index in [4.69, 9.17) is 5.11 Å². The summed E-state index contributed by atoms with van der Waals surface area (Å²) in [6, 6.07) is 0. The molecule has 0 radical (unpaired) electrons. The fourth-order valence-corrected chi connectivity index (χ4v) is 2.73. The highest BCUT2D eigenvalue weighted by molar-refractivity contribution is 7.99. The Morgan fingerprint density at radius 2 is 2.45 bits per heavy atom. The van der Waals surface area contributed by atoms with Crippen LogP contribution in [0.5, 0.6) is 0 Å². The Balaban J connectivity index is 2.43. The molecule has 1 atom stereocenters. The first-order valence-corrected chi connectivity index (χ1v) is 5.07. The van der Waals surface area contributed by atoms with E-state index in [9.17, 15) is 4.79 Å². The van der Waals surface area contributed by atoms with Crippen LogP contribution in [0.3, 0.4) is 0 Å². The molecule has 1 fully saturated rings. The van der Waals surface area contributed by atoms with Crippen LogP contribution in [0.25, 0.3) is 0 Å². The van der Waals surface area contributed by atoms with Gasteiger partial charge in [0, 0.05) is 0 Å². The predicted octanol–water partition coefficient (Wildman–Crippen LogP) is 1.99. The van der Waals surface area contributed by atoms with Gasteiger partial charge in [-0.15, -0.1) is 0 Å². The smallest absolute Gasteiger partial charge is 0.303 e. The van der Waals surface area contributed by atoms with E-state index in [0.29, 0.717) is 6.42 Å². The summed E-state index contributed by atoms with van der Waals surface area (Å²) in [7, 11) is 0. The van der Waals surface area contributed by atoms with Crippen molar-refractivity contribution in [3.8, 4) is 0 Å². The van der Waals surface area contributed by atoms with E-state index in [0.717, 1.165) is 12.2 Å². The van der Waals surface area contributed by atoms with Crippen molar-refractivity contribution >= 4 is 17.7 Å². The third kappa shape index (κ3) is 2.73. The predicted molar refractivity (Wildman–Crippen MR) is 46.9 cm³/mol. The number of carbonyl (C=O) groups is 1. The molecular weight excluding hydrogens is 160 g/mol.